The van der Waals surface area contributed by atoms with E-state index in [0.717, 1.165) is 47.0 Å². The van der Waals surface area contributed by atoms with E-state index >= 15 is 0 Å². The molecule has 3 aromatic carbocycles. The lowest BCUT2D eigenvalue weighted by atomic mass is 10.1. The highest BCUT2D eigenvalue weighted by molar-refractivity contribution is 7.97. The maximum atomic E-state index is 10.9. The molecule has 0 spiro atoms. The zero-order chi connectivity index (χ0) is 25.2. The predicted molar refractivity (Wildman–Crippen MR) is 143 cm³/mol. The quantitative estimate of drug-likeness (QED) is 0.350. The monoisotopic (exact) mass is 488 g/mol. The summed E-state index contributed by atoms with van der Waals surface area (Å²) in [6, 6.07) is 22.1. The van der Waals surface area contributed by atoms with Crippen molar-refractivity contribution in [1.29, 1.82) is 5.26 Å². The number of aryl methyl sites for hydroxylation is 3. The molecule has 1 fully saturated rings. The highest BCUT2D eigenvalue weighted by Gasteiger charge is 2.19. The molecule has 182 valence electrons. The molecule has 35 heavy (non-hydrogen) atoms. The van der Waals surface area contributed by atoms with Crippen molar-refractivity contribution in [2.75, 3.05) is 38.5 Å². The normalized spacial score (nSPS) is 13.3. The van der Waals surface area contributed by atoms with E-state index in [1.165, 1.54) is 11.3 Å². The summed E-state index contributed by atoms with van der Waals surface area (Å²) >= 11 is 1.58. The number of ether oxygens (including phenoxy) is 1. The molecule has 7 heteroatoms. The zero-order valence-electron chi connectivity index (χ0n) is 20.7. The van der Waals surface area contributed by atoms with Gasteiger partial charge in [-0.15, -0.1) is 0 Å². The van der Waals surface area contributed by atoms with Gasteiger partial charge in [0.05, 0.1) is 16.5 Å². The fourth-order valence-electron chi connectivity index (χ4n) is 3.61. The van der Waals surface area contributed by atoms with Crippen LogP contribution in [0.2, 0.25) is 0 Å². The third-order valence-electron chi connectivity index (χ3n) is 5.49. The van der Waals surface area contributed by atoms with Crippen LogP contribution in [0.1, 0.15) is 22.3 Å². The summed E-state index contributed by atoms with van der Waals surface area (Å²) in [7, 11) is 1.92. The Labute approximate surface area is 212 Å². The second kappa shape index (κ2) is 12.8. The Bertz CT molecular complexity index is 1150. The Morgan fingerprint density at radius 1 is 0.914 bits per heavy atom. The smallest absolute Gasteiger partial charge is 0.209 e. The van der Waals surface area contributed by atoms with E-state index in [0.29, 0.717) is 18.7 Å². The Kier molecular flexibility index (Phi) is 9.59. The average Bonchev–Trinajstić information content (AvgIpc) is 2.86. The Morgan fingerprint density at radius 3 is 2.14 bits per heavy atom. The van der Waals surface area contributed by atoms with Gasteiger partial charge >= 0.3 is 0 Å². The van der Waals surface area contributed by atoms with Gasteiger partial charge in [-0.25, -0.2) is 4.31 Å². The van der Waals surface area contributed by atoms with Crippen molar-refractivity contribution in [1.82, 2.24) is 9.21 Å². The molecule has 1 amide bonds. The fraction of sp³-hybridized carbons (Fsp3) is 0.286. The van der Waals surface area contributed by atoms with Gasteiger partial charge in [0.1, 0.15) is 11.5 Å². The number of rotatable bonds is 6. The van der Waals surface area contributed by atoms with Gasteiger partial charge in [-0.2, -0.15) is 5.26 Å². The summed E-state index contributed by atoms with van der Waals surface area (Å²) in [5, 5.41) is 12.3. The predicted octanol–water partition coefficient (Wildman–Crippen LogP) is 5.79. The van der Waals surface area contributed by atoms with Gasteiger partial charge in [0, 0.05) is 38.9 Å². The number of amides is 1. The van der Waals surface area contributed by atoms with Crippen LogP contribution in [-0.2, 0) is 4.79 Å². The third kappa shape index (κ3) is 8.06. The number of nitrogens with zero attached hydrogens (tertiary/aromatic N) is 3. The largest absolute Gasteiger partial charge is 0.456 e. The number of carbonyl (C=O) groups is 1. The van der Waals surface area contributed by atoms with Gasteiger partial charge < -0.3 is 15.0 Å². The van der Waals surface area contributed by atoms with Crippen LogP contribution in [0.15, 0.2) is 65.6 Å². The molecule has 1 aliphatic rings. The van der Waals surface area contributed by atoms with E-state index in [4.69, 9.17) is 4.74 Å². The molecule has 0 aliphatic carbocycles. The van der Waals surface area contributed by atoms with Crippen LogP contribution in [0.25, 0.3) is 0 Å². The maximum Gasteiger partial charge on any atom is 0.209 e. The molecule has 3 aromatic rings. The molecule has 1 saturated heterocycles. The molecule has 1 N–H and O–H groups in total. The summed E-state index contributed by atoms with van der Waals surface area (Å²) in [5.41, 5.74) is 5.36. The van der Waals surface area contributed by atoms with Gasteiger partial charge in [0.25, 0.3) is 0 Å². The van der Waals surface area contributed by atoms with E-state index in [1.54, 1.807) is 22.9 Å². The number of anilines is 1. The lowest BCUT2D eigenvalue weighted by molar-refractivity contribution is -0.119. The topological polar surface area (TPSA) is 68.6 Å². The van der Waals surface area contributed by atoms with E-state index in [-0.39, 0.29) is 0 Å². The van der Waals surface area contributed by atoms with Crippen LogP contribution in [0, 0.1) is 32.1 Å². The molecular weight excluding hydrogens is 456 g/mol. The molecule has 0 radical (unpaired) electrons. The first-order chi connectivity index (χ1) is 16.9. The van der Waals surface area contributed by atoms with E-state index in [9.17, 15) is 10.1 Å². The van der Waals surface area contributed by atoms with Gasteiger partial charge in [0.2, 0.25) is 6.41 Å². The first kappa shape index (κ1) is 26.1. The first-order valence-electron chi connectivity index (χ1n) is 11.6. The SMILES string of the molecule is CNc1ccc(C)cc1.Cc1cc(C)cc(Oc2ccc(C#N)cc2SN2CCN(C=O)CC2)c1. The number of piperazine rings is 1. The van der Waals surface area contributed by atoms with Crippen LogP contribution in [0.5, 0.6) is 11.5 Å². The number of hydrogen-bond donors (Lipinski definition) is 1. The summed E-state index contributed by atoms with van der Waals surface area (Å²) in [4.78, 5) is 13.5. The molecule has 1 heterocycles. The number of nitrogens with one attached hydrogen (secondary N) is 1. The first-order valence-corrected chi connectivity index (χ1v) is 12.3. The molecule has 0 saturated carbocycles. The minimum Gasteiger partial charge on any atom is -0.456 e. The fourth-order valence-corrected chi connectivity index (χ4v) is 4.62. The van der Waals surface area contributed by atoms with Crippen LogP contribution < -0.4 is 10.1 Å². The van der Waals surface area contributed by atoms with Gasteiger partial charge in [-0.1, -0.05) is 23.8 Å². The lowest BCUT2D eigenvalue weighted by Crippen LogP contribution is -2.42. The number of nitriles is 1. The molecule has 1 aliphatic heterocycles. The second-order valence-corrected chi connectivity index (χ2v) is 9.62. The zero-order valence-corrected chi connectivity index (χ0v) is 21.6. The molecule has 0 bridgehead atoms. The van der Waals surface area contributed by atoms with Crippen LogP contribution in [-0.4, -0.2) is 48.8 Å². The van der Waals surface area contributed by atoms with E-state index < -0.39 is 0 Å². The Balaban J connectivity index is 0.000000320. The van der Waals surface area contributed by atoms with Crippen molar-refractivity contribution in [2.45, 2.75) is 25.7 Å². The van der Waals surface area contributed by atoms with Crippen molar-refractivity contribution < 1.29 is 9.53 Å². The maximum absolute atomic E-state index is 10.9. The molecular formula is C28H32N4O2S. The summed E-state index contributed by atoms with van der Waals surface area (Å²) in [6.07, 6.45) is 0.896. The molecule has 0 aromatic heterocycles. The van der Waals surface area contributed by atoms with Crippen LogP contribution >= 0.6 is 11.9 Å². The summed E-state index contributed by atoms with van der Waals surface area (Å²) in [5.74, 6) is 1.52. The molecule has 0 atom stereocenters. The van der Waals surface area contributed by atoms with Crippen molar-refractivity contribution in [2.24, 2.45) is 0 Å². The minimum absolute atomic E-state index is 0.604. The molecule has 0 unspecified atom stereocenters. The van der Waals surface area contributed by atoms with Crippen molar-refractivity contribution in [3.05, 3.63) is 82.9 Å². The minimum atomic E-state index is 0.604. The second-order valence-electron chi connectivity index (χ2n) is 8.48. The van der Waals surface area contributed by atoms with Crippen molar-refractivity contribution >= 4 is 24.0 Å². The molecule has 4 rings (SSSR count). The number of carbonyl (C=O) groups excluding carboxylic acids is 1. The third-order valence-corrected chi connectivity index (χ3v) is 6.62. The van der Waals surface area contributed by atoms with Crippen LogP contribution in [0.4, 0.5) is 5.69 Å². The number of hydrogen-bond acceptors (Lipinski definition) is 6. The number of benzene rings is 3. The van der Waals surface area contributed by atoms with Gasteiger partial charge in [-0.05, 0) is 86.3 Å². The van der Waals surface area contributed by atoms with E-state index in [1.807, 2.05) is 45.2 Å². The van der Waals surface area contributed by atoms with E-state index in [2.05, 4.69) is 52.9 Å². The highest BCUT2D eigenvalue weighted by atomic mass is 32.2. The standard InChI is InChI=1S/C20H21N3O2S.C8H11N/c1-15-9-16(2)11-18(10-15)25-19-4-3-17(13-21)12-20(19)26-23-7-5-22(14-24)6-8-23;1-7-3-5-8(9-2)6-4-7/h3-4,9-12,14H,5-8H2,1-2H3;3-6,9H,1-2H3. The average molecular weight is 489 g/mol. The van der Waals surface area contributed by atoms with Gasteiger partial charge in [-0.3, -0.25) is 4.79 Å². The summed E-state index contributed by atoms with van der Waals surface area (Å²) in [6.45, 7) is 9.15. The van der Waals surface area contributed by atoms with Crippen LogP contribution in [0.3, 0.4) is 0 Å². The van der Waals surface area contributed by atoms with Crippen molar-refractivity contribution in [3.63, 3.8) is 0 Å². The Hall–Kier alpha value is -3.47. The van der Waals surface area contributed by atoms with Crippen molar-refractivity contribution in [3.8, 4) is 17.6 Å². The molecule has 6 nitrogen and oxygen atoms in total. The lowest BCUT2D eigenvalue weighted by Gasteiger charge is -2.31. The Morgan fingerprint density at radius 2 is 1.57 bits per heavy atom. The summed E-state index contributed by atoms with van der Waals surface area (Å²) < 4.78 is 8.33. The van der Waals surface area contributed by atoms with Gasteiger partial charge in [0.15, 0.2) is 0 Å². The highest BCUT2D eigenvalue weighted by Crippen LogP contribution is 2.36.